The number of para-hydroxylation sites is 1. The molecule has 1 N–H and O–H groups in total. The van der Waals surface area contributed by atoms with Crippen molar-refractivity contribution in [1.29, 1.82) is 0 Å². The number of hydrogen-bond donors (Lipinski definition) is 1. The molecule has 0 fully saturated rings. The van der Waals surface area contributed by atoms with E-state index in [-0.39, 0.29) is 11.5 Å². The van der Waals surface area contributed by atoms with Crippen LogP contribution in [0, 0.1) is 0 Å². The second-order valence-electron chi connectivity index (χ2n) is 3.11. The molecule has 5 nitrogen and oxygen atoms in total. The number of carbonyl (C=O) groups excluding carboxylic acids is 1. The highest BCUT2D eigenvalue weighted by molar-refractivity contribution is 6.02. The fourth-order valence-electron chi connectivity index (χ4n) is 1.25. The molecule has 5 heteroatoms. The smallest absolute Gasteiger partial charge is 0.308 e. The van der Waals surface area contributed by atoms with Crippen LogP contribution >= 0.6 is 0 Å². The molecule has 0 atom stereocenters. The van der Waals surface area contributed by atoms with Crippen molar-refractivity contribution in [3.05, 3.63) is 23.8 Å². The summed E-state index contributed by atoms with van der Waals surface area (Å²) in [5.74, 6) is -0.528. The van der Waals surface area contributed by atoms with E-state index < -0.39 is 5.97 Å². The molecule has 1 aromatic carbocycles. The normalized spacial score (nSPS) is 11.1. The molecule has 0 radical (unpaired) electrons. The number of benzene rings is 1. The summed E-state index contributed by atoms with van der Waals surface area (Å²) in [6, 6.07) is 4.74. The van der Waals surface area contributed by atoms with Gasteiger partial charge in [0.05, 0.1) is 5.71 Å². The largest absolute Gasteiger partial charge is 0.504 e. The quantitative estimate of drug-likeness (QED) is 0.366. The van der Waals surface area contributed by atoms with E-state index in [0.717, 1.165) is 0 Å². The van der Waals surface area contributed by atoms with E-state index in [0.29, 0.717) is 11.3 Å². The number of rotatable bonds is 3. The number of ether oxygens (including phenoxy) is 1. The van der Waals surface area contributed by atoms with Crippen molar-refractivity contribution >= 4 is 11.7 Å². The van der Waals surface area contributed by atoms with Gasteiger partial charge in [0.25, 0.3) is 0 Å². The van der Waals surface area contributed by atoms with Crippen molar-refractivity contribution in [2.75, 3.05) is 7.11 Å². The highest BCUT2D eigenvalue weighted by Crippen LogP contribution is 2.30. The predicted octanol–water partition coefficient (Wildman–Crippen LogP) is 1.69. The van der Waals surface area contributed by atoms with Crippen LogP contribution in [0.1, 0.15) is 19.4 Å². The third-order valence-electron chi connectivity index (χ3n) is 1.86. The first-order valence-electron chi connectivity index (χ1n) is 4.64. The Hall–Kier alpha value is -2.04. The zero-order chi connectivity index (χ0) is 12.1. The Morgan fingerprint density at radius 1 is 1.38 bits per heavy atom. The molecular formula is C11H13NO4. The molecule has 0 aliphatic carbocycles. The lowest BCUT2D eigenvalue weighted by Gasteiger charge is -2.09. The Morgan fingerprint density at radius 2 is 2.06 bits per heavy atom. The Balaban J connectivity index is 3.22. The zero-order valence-electron chi connectivity index (χ0n) is 9.35. The average Bonchev–Trinajstić information content (AvgIpc) is 2.20. The Kier molecular flexibility index (Phi) is 3.88. The summed E-state index contributed by atoms with van der Waals surface area (Å²) >= 11 is 0. The summed E-state index contributed by atoms with van der Waals surface area (Å²) in [5.41, 5.74) is 1.02. The molecule has 0 spiro atoms. The van der Waals surface area contributed by atoms with E-state index >= 15 is 0 Å². The summed E-state index contributed by atoms with van der Waals surface area (Å²) in [6.45, 7) is 2.95. The first-order chi connectivity index (χ1) is 7.56. The van der Waals surface area contributed by atoms with E-state index in [1.54, 1.807) is 19.1 Å². The molecule has 1 aromatic rings. The van der Waals surface area contributed by atoms with E-state index in [1.807, 2.05) is 0 Å². The van der Waals surface area contributed by atoms with E-state index in [4.69, 9.17) is 4.74 Å². The molecule has 0 aromatic heterocycles. The SMILES string of the molecule is CO/N=C(/C)c1cccc(O)c1OC(C)=O. The monoisotopic (exact) mass is 223 g/mol. The van der Waals surface area contributed by atoms with Crippen LogP contribution in [-0.2, 0) is 9.63 Å². The zero-order valence-corrected chi connectivity index (χ0v) is 9.35. The van der Waals surface area contributed by atoms with Gasteiger partial charge < -0.3 is 14.7 Å². The van der Waals surface area contributed by atoms with Gasteiger partial charge in [-0.3, -0.25) is 4.79 Å². The number of nitrogens with zero attached hydrogens (tertiary/aromatic N) is 1. The summed E-state index contributed by atoms with van der Waals surface area (Å²) in [5, 5.41) is 13.3. The highest BCUT2D eigenvalue weighted by atomic mass is 16.6. The van der Waals surface area contributed by atoms with Crippen molar-refractivity contribution in [2.24, 2.45) is 5.16 Å². The minimum atomic E-state index is -0.507. The fourth-order valence-corrected chi connectivity index (χ4v) is 1.25. The predicted molar refractivity (Wildman–Crippen MR) is 58.6 cm³/mol. The fraction of sp³-hybridized carbons (Fsp3) is 0.273. The first kappa shape index (κ1) is 12.0. The summed E-state index contributed by atoms with van der Waals surface area (Å²) in [6.07, 6.45) is 0. The molecule has 0 bridgehead atoms. The second kappa shape index (κ2) is 5.16. The van der Waals surface area contributed by atoms with Crippen molar-refractivity contribution < 1.29 is 19.5 Å². The molecule has 0 heterocycles. The maximum Gasteiger partial charge on any atom is 0.308 e. The maximum atomic E-state index is 10.9. The summed E-state index contributed by atoms with van der Waals surface area (Å²) in [7, 11) is 1.41. The number of phenols is 1. The van der Waals surface area contributed by atoms with Gasteiger partial charge in [-0.05, 0) is 19.1 Å². The number of phenolic OH excluding ortho intramolecular Hbond substituents is 1. The van der Waals surface area contributed by atoms with E-state index in [2.05, 4.69) is 9.99 Å². The topological polar surface area (TPSA) is 68.1 Å². The molecule has 0 saturated heterocycles. The van der Waals surface area contributed by atoms with Crippen LogP contribution in [-0.4, -0.2) is 23.9 Å². The number of aromatic hydroxyl groups is 1. The van der Waals surface area contributed by atoms with Crippen LogP contribution in [0.2, 0.25) is 0 Å². The van der Waals surface area contributed by atoms with Gasteiger partial charge in [0.1, 0.15) is 7.11 Å². The maximum absolute atomic E-state index is 10.9. The summed E-state index contributed by atoms with van der Waals surface area (Å²) in [4.78, 5) is 15.5. The van der Waals surface area contributed by atoms with Gasteiger partial charge in [-0.15, -0.1) is 0 Å². The Morgan fingerprint density at radius 3 is 2.62 bits per heavy atom. The van der Waals surface area contributed by atoms with Crippen molar-refractivity contribution in [1.82, 2.24) is 0 Å². The number of oxime groups is 1. The van der Waals surface area contributed by atoms with Crippen LogP contribution in [0.25, 0.3) is 0 Å². The second-order valence-corrected chi connectivity index (χ2v) is 3.11. The Labute approximate surface area is 93.3 Å². The van der Waals surface area contributed by atoms with Crippen LogP contribution < -0.4 is 4.74 Å². The molecular weight excluding hydrogens is 210 g/mol. The lowest BCUT2D eigenvalue weighted by molar-refractivity contribution is -0.132. The molecule has 0 aliphatic heterocycles. The van der Waals surface area contributed by atoms with Gasteiger partial charge in [0.2, 0.25) is 0 Å². The van der Waals surface area contributed by atoms with Gasteiger partial charge in [-0.1, -0.05) is 11.2 Å². The van der Waals surface area contributed by atoms with Gasteiger partial charge in [0.15, 0.2) is 11.5 Å². The molecule has 0 saturated carbocycles. The minimum Gasteiger partial charge on any atom is -0.504 e. The Bertz CT molecular complexity index is 426. The standard InChI is InChI=1S/C11H13NO4/c1-7(12-15-3)9-5-4-6-10(14)11(9)16-8(2)13/h4-6,14H,1-3H3/b12-7-. The molecule has 0 unspecified atom stereocenters. The number of esters is 1. The lowest BCUT2D eigenvalue weighted by atomic mass is 10.1. The van der Waals surface area contributed by atoms with Crippen LogP contribution in [0.15, 0.2) is 23.4 Å². The number of carbonyl (C=O) groups is 1. The highest BCUT2D eigenvalue weighted by Gasteiger charge is 2.13. The third-order valence-corrected chi connectivity index (χ3v) is 1.86. The van der Waals surface area contributed by atoms with Crippen LogP contribution in [0.3, 0.4) is 0 Å². The van der Waals surface area contributed by atoms with Crippen molar-refractivity contribution in [3.8, 4) is 11.5 Å². The van der Waals surface area contributed by atoms with Gasteiger partial charge in [0, 0.05) is 12.5 Å². The molecule has 86 valence electrons. The van der Waals surface area contributed by atoms with Crippen LogP contribution in [0.5, 0.6) is 11.5 Å². The van der Waals surface area contributed by atoms with E-state index in [9.17, 15) is 9.90 Å². The average molecular weight is 223 g/mol. The van der Waals surface area contributed by atoms with Crippen molar-refractivity contribution in [3.63, 3.8) is 0 Å². The molecule has 1 rings (SSSR count). The lowest BCUT2D eigenvalue weighted by Crippen LogP contribution is -2.07. The minimum absolute atomic E-state index is 0.0910. The van der Waals surface area contributed by atoms with E-state index in [1.165, 1.54) is 20.1 Å². The molecule has 0 aliphatic rings. The van der Waals surface area contributed by atoms with Gasteiger partial charge in [-0.2, -0.15) is 0 Å². The van der Waals surface area contributed by atoms with Crippen LogP contribution in [0.4, 0.5) is 0 Å². The molecule has 16 heavy (non-hydrogen) atoms. The third kappa shape index (κ3) is 2.73. The summed E-state index contributed by atoms with van der Waals surface area (Å²) < 4.78 is 4.92. The van der Waals surface area contributed by atoms with Gasteiger partial charge >= 0.3 is 5.97 Å². The van der Waals surface area contributed by atoms with Crippen molar-refractivity contribution in [2.45, 2.75) is 13.8 Å². The first-order valence-corrected chi connectivity index (χ1v) is 4.64. The number of hydrogen-bond acceptors (Lipinski definition) is 5. The molecule has 0 amide bonds. The van der Waals surface area contributed by atoms with Gasteiger partial charge in [-0.25, -0.2) is 0 Å².